The van der Waals surface area contributed by atoms with Gasteiger partial charge in [0.05, 0.1) is 18.6 Å². The van der Waals surface area contributed by atoms with E-state index in [4.69, 9.17) is 9.26 Å². The van der Waals surface area contributed by atoms with E-state index in [2.05, 4.69) is 15.5 Å². The fourth-order valence-electron chi connectivity index (χ4n) is 3.03. The van der Waals surface area contributed by atoms with Gasteiger partial charge in [0.25, 0.3) is 0 Å². The van der Waals surface area contributed by atoms with E-state index in [-0.39, 0.29) is 17.8 Å². The lowest BCUT2D eigenvalue weighted by atomic mass is 10.0. The van der Waals surface area contributed by atoms with Gasteiger partial charge in [-0.25, -0.2) is 9.18 Å². The number of hydrogen-bond acceptors (Lipinski definition) is 5. The highest BCUT2D eigenvalue weighted by atomic mass is 19.1. The first-order valence-corrected chi connectivity index (χ1v) is 8.88. The van der Waals surface area contributed by atoms with Crippen LogP contribution in [0.5, 0.6) is 5.75 Å². The van der Waals surface area contributed by atoms with Crippen LogP contribution in [0.2, 0.25) is 0 Å². The molecule has 0 atom stereocenters. The quantitative estimate of drug-likeness (QED) is 0.733. The van der Waals surface area contributed by atoms with Gasteiger partial charge in [-0.15, -0.1) is 0 Å². The average Bonchev–Trinajstić information content (AvgIpc) is 3.16. The molecule has 0 saturated carbocycles. The molecular formula is C20H19FN4O3. The number of nitrogens with zero attached hydrogens (tertiary/aromatic N) is 3. The molecule has 1 N–H and O–H groups in total. The van der Waals surface area contributed by atoms with E-state index >= 15 is 0 Å². The standard InChI is InChI=1S/C20H19FN4O3/c1-27-17-5-3-2-4-16(17)18-23-19(28-24-18)14-11-25(12-14)20(26)22-10-13-6-8-15(21)9-7-13/h2-9,14H,10-12H2,1H3,(H,22,26). The molecule has 0 bridgehead atoms. The molecule has 1 aliphatic heterocycles. The number of carbonyl (C=O) groups excluding carboxylic acids is 1. The maximum Gasteiger partial charge on any atom is 0.317 e. The highest BCUT2D eigenvalue weighted by Crippen LogP contribution is 2.31. The SMILES string of the molecule is COc1ccccc1-c1noc(C2CN(C(=O)NCc3ccc(F)cc3)C2)n1. The van der Waals surface area contributed by atoms with Crippen molar-refractivity contribution < 1.29 is 18.4 Å². The number of urea groups is 1. The van der Waals surface area contributed by atoms with E-state index < -0.39 is 0 Å². The third-order valence-electron chi connectivity index (χ3n) is 4.66. The first kappa shape index (κ1) is 18.0. The lowest BCUT2D eigenvalue weighted by Gasteiger charge is -2.36. The van der Waals surface area contributed by atoms with Crippen molar-refractivity contribution in [1.82, 2.24) is 20.4 Å². The van der Waals surface area contributed by atoms with Crippen LogP contribution in [0.4, 0.5) is 9.18 Å². The molecule has 1 saturated heterocycles. The van der Waals surface area contributed by atoms with E-state index in [1.165, 1.54) is 12.1 Å². The van der Waals surface area contributed by atoms with E-state index in [0.29, 0.717) is 37.1 Å². The average molecular weight is 382 g/mol. The number of likely N-dealkylation sites (tertiary alicyclic amines) is 1. The zero-order valence-corrected chi connectivity index (χ0v) is 15.3. The monoisotopic (exact) mass is 382 g/mol. The first-order chi connectivity index (χ1) is 13.6. The Morgan fingerprint density at radius 3 is 2.75 bits per heavy atom. The predicted octanol–water partition coefficient (Wildman–Crippen LogP) is 3.19. The van der Waals surface area contributed by atoms with Gasteiger partial charge in [0.2, 0.25) is 11.7 Å². The number of methoxy groups -OCH3 is 1. The summed E-state index contributed by atoms with van der Waals surface area (Å²) in [5, 5.41) is 6.85. The summed E-state index contributed by atoms with van der Waals surface area (Å²) in [4.78, 5) is 18.3. The summed E-state index contributed by atoms with van der Waals surface area (Å²) in [6, 6.07) is 13.3. The van der Waals surface area contributed by atoms with Gasteiger partial charge in [-0.1, -0.05) is 29.4 Å². The molecule has 2 heterocycles. The number of ether oxygens (including phenoxy) is 1. The molecular weight excluding hydrogens is 363 g/mol. The Kier molecular flexibility index (Phi) is 4.92. The molecule has 0 spiro atoms. The van der Waals surface area contributed by atoms with Crippen molar-refractivity contribution in [3.63, 3.8) is 0 Å². The number of carbonyl (C=O) groups is 1. The number of para-hydroxylation sites is 1. The summed E-state index contributed by atoms with van der Waals surface area (Å²) >= 11 is 0. The van der Waals surface area contributed by atoms with Gasteiger partial charge in [-0.05, 0) is 29.8 Å². The zero-order valence-electron chi connectivity index (χ0n) is 15.3. The van der Waals surface area contributed by atoms with Crippen molar-refractivity contribution in [3.05, 3.63) is 65.8 Å². The fraction of sp³-hybridized carbons (Fsp3) is 0.250. The highest BCUT2D eigenvalue weighted by Gasteiger charge is 2.35. The summed E-state index contributed by atoms with van der Waals surface area (Å²) in [5.74, 6) is 1.35. The van der Waals surface area contributed by atoms with Crippen LogP contribution in [0.15, 0.2) is 53.1 Å². The van der Waals surface area contributed by atoms with Crippen LogP contribution in [-0.4, -0.2) is 41.3 Å². The Hall–Kier alpha value is -3.42. The van der Waals surface area contributed by atoms with Crippen molar-refractivity contribution in [1.29, 1.82) is 0 Å². The van der Waals surface area contributed by atoms with E-state index in [9.17, 15) is 9.18 Å². The third kappa shape index (κ3) is 3.66. The number of benzene rings is 2. The topological polar surface area (TPSA) is 80.5 Å². The van der Waals surface area contributed by atoms with Crippen LogP contribution in [0.3, 0.4) is 0 Å². The first-order valence-electron chi connectivity index (χ1n) is 8.88. The summed E-state index contributed by atoms with van der Waals surface area (Å²) in [7, 11) is 1.59. The molecule has 8 heteroatoms. The van der Waals surface area contributed by atoms with Gasteiger partial charge >= 0.3 is 6.03 Å². The minimum absolute atomic E-state index is 0.00697. The van der Waals surface area contributed by atoms with Gasteiger partial charge in [0.15, 0.2) is 0 Å². The second kappa shape index (κ2) is 7.67. The number of amides is 2. The number of rotatable bonds is 5. The Bertz CT molecular complexity index is 968. The van der Waals surface area contributed by atoms with E-state index in [0.717, 1.165) is 11.1 Å². The predicted molar refractivity (Wildman–Crippen MR) is 99.2 cm³/mol. The Labute approximate surface area is 161 Å². The van der Waals surface area contributed by atoms with Crippen LogP contribution in [0.1, 0.15) is 17.4 Å². The van der Waals surface area contributed by atoms with Crippen molar-refractivity contribution in [2.24, 2.45) is 0 Å². The van der Waals surface area contributed by atoms with Gasteiger partial charge in [-0.3, -0.25) is 0 Å². The van der Waals surface area contributed by atoms with Crippen LogP contribution in [0, 0.1) is 5.82 Å². The molecule has 0 aliphatic carbocycles. The number of hydrogen-bond donors (Lipinski definition) is 1. The van der Waals surface area contributed by atoms with Gasteiger partial charge in [-0.2, -0.15) is 4.98 Å². The molecule has 2 amide bonds. The second-order valence-corrected chi connectivity index (χ2v) is 6.54. The molecule has 28 heavy (non-hydrogen) atoms. The Morgan fingerprint density at radius 1 is 1.25 bits per heavy atom. The lowest BCUT2D eigenvalue weighted by molar-refractivity contribution is 0.136. The molecule has 3 aromatic rings. The maximum atomic E-state index is 12.9. The van der Waals surface area contributed by atoms with Crippen LogP contribution < -0.4 is 10.1 Å². The molecule has 0 unspecified atom stereocenters. The van der Waals surface area contributed by atoms with Gasteiger partial charge < -0.3 is 19.5 Å². The van der Waals surface area contributed by atoms with E-state index in [1.807, 2.05) is 24.3 Å². The maximum absolute atomic E-state index is 12.9. The molecule has 7 nitrogen and oxygen atoms in total. The smallest absolute Gasteiger partial charge is 0.317 e. The highest BCUT2D eigenvalue weighted by molar-refractivity contribution is 5.75. The third-order valence-corrected chi connectivity index (χ3v) is 4.66. The molecule has 1 aromatic heterocycles. The summed E-state index contributed by atoms with van der Waals surface area (Å²) in [5.41, 5.74) is 1.60. The van der Waals surface area contributed by atoms with Crippen molar-refractivity contribution in [2.75, 3.05) is 20.2 Å². The van der Waals surface area contributed by atoms with Crippen LogP contribution >= 0.6 is 0 Å². The lowest BCUT2D eigenvalue weighted by Crippen LogP contribution is -2.52. The largest absolute Gasteiger partial charge is 0.496 e. The van der Waals surface area contributed by atoms with Gasteiger partial charge in [0.1, 0.15) is 11.6 Å². The van der Waals surface area contributed by atoms with Crippen molar-refractivity contribution in [3.8, 4) is 17.1 Å². The molecule has 0 radical (unpaired) electrons. The fourth-order valence-corrected chi connectivity index (χ4v) is 3.03. The summed E-state index contributed by atoms with van der Waals surface area (Å²) < 4.78 is 23.6. The molecule has 144 valence electrons. The van der Waals surface area contributed by atoms with Crippen LogP contribution in [0.25, 0.3) is 11.4 Å². The summed E-state index contributed by atoms with van der Waals surface area (Å²) in [6.07, 6.45) is 0. The number of halogens is 1. The number of aromatic nitrogens is 2. The Morgan fingerprint density at radius 2 is 2.00 bits per heavy atom. The van der Waals surface area contributed by atoms with Crippen molar-refractivity contribution >= 4 is 6.03 Å². The second-order valence-electron chi connectivity index (χ2n) is 6.54. The molecule has 2 aromatic carbocycles. The Balaban J connectivity index is 1.32. The molecule has 4 rings (SSSR count). The minimum atomic E-state index is -0.298. The van der Waals surface area contributed by atoms with Gasteiger partial charge in [0, 0.05) is 19.6 Å². The van der Waals surface area contributed by atoms with Crippen molar-refractivity contribution in [2.45, 2.75) is 12.5 Å². The zero-order chi connectivity index (χ0) is 19.5. The normalized spacial score (nSPS) is 13.9. The number of nitrogens with one attached hydrogen (secondary N) is 1. The molecule has 1 aliphatic rings. The minimum Gasteiger partial charge on any atom is -0.496 e. The van der Waals surface area contributed by atoms with E-state index in [1.54, 1.807) is 24.1 Å². The molecule has 1 fully saturated rings. The van der Waals surface area contributed by atoms with Crippen LogP contribution in [-0.2, 0) is 6.54 Å². The summed E-state index contributed by atoms with van der Waals surface area (Å²) in [6.45, 7) is 1.35.